The third kappa shape index (κ3) is 4.06. The highest BCUT2D eigenvalue weighted by molar-refractivity contribution is 6.07. The van der Waals surface area contributed by atoms with Gasteiger partial charge in [0.1, 0.15) is 17.1 Å². The molecular weight excluding hydrogens is 356 g/mol. The number of methoxy groups -OCH3 is 2. The van der Waals surface area contributed by atoms with Gasteiger partial charge < -0.3 is 20.1 Å². The number of fused-ring (bicyclic) bond motifs is 1. The normalized spacial score (nSPS) is 10.4. The largest absolute Gasteiger partial charge is 0.496 e. The lowest BCUT2D eigenvalue weighted by Crippen LogP contribution is -2.35. The molecule has 0 aliphatic heterocycles. The van der Waals surface area contributed by atoms with Gasteiger partial charge in [0.15, 0.2) is 0 Å². The zero-order valence-corrected chi connectivity index (χ0v) is 15.8. The Bertz CT molecular complexity index is 973. The minimum Gasteiger partial charge on any atom is -0.496 e. The Morgan fingerprint density at radius 1 is 0.750 bits per heavy atom. The van der Waals surface area contributed by atoms with Gasteiger partial charge in [0.2, 0.25) is 0 Å². The standard InChI is InChI=1S/C22H22N2O4/c1-27-18-11-6-12-19(28-2)20(18)22(26)24-14-13-23-21(25)17-10-5-8-15-7-3-4-9-16(15)17/h3-12H,13-14H2,1-2H3,(H,23,25)(H,24,26). The van der Waals surface area contributed by atoms with Crippen LogP contribution in [0.25, 0.3) is 10.8 Å². The minimum atomic E-state index is -0.325. The summed E-state index contributed by atoms with van der Waals surface area (Å²) >= 11 is 0. The van der Waals surface area contributed by atoms with Gasteiger partial charge in [-0.1, -0.05) is 42.5 Å². The van der Waals surface area contributed by atoms with Crippen molar-refractivity contribution in [1.82, 2.24) is 10.6 Å². The summed E-state index contributed by atoms with van der Waals surface area (Å²) in [5.74, 6) is 0.350. The fraction of sp³-hybridized carbons (Fsp3) is 0.182. The quantitative estimate of drug-likeness (QED) is 0.620. The average Bonchev–Trinajstić information content (AvgIpc) is 2.75. The summed E-state index contributed by atoms with van der Waals surface area (Å²) < 4.78 is 10.5. The first-order valence-electron chi connectivity index (χ1n) is 8.91. The van der Waals surface area contributed by atoms with E-state index in [0.29, 0.717) is 29.2 Å². The zero-order chi connectivity index (χ0) is 19.9. The molecule has 0 bridgehead atoms. The molecule has 0 radical (unpaired) electrons. The Kier molecular flexibility index (Phi) is 6.11. The van der Waals surface area contributed by atoms with Crippen molar-refractivity contribution >= 4 is 22.6 Å². The van der Waals surface area contributed by atoms with E-state index >= 15 is 0 Å². The van der Waals surface area contributed by atoms with Gasteiger partial charge in [-0.25, -0.2) is 0 Å². The third-order valence-electron chi connectivity index (χ3n) is 4.39. The van der Waals surface area contributed by atoms with Crippen LogP contribution in [0.15, 0.2) is 60.7 Å². The first-order chi connectivity index (χ1) is 13.7. The van der Waals surface area contributed by atoms with E-state index in [9.17, 15) is 9.59 Å². The number of carbonyl (C=O) groups is 2. The molecule has 3 aromatic rings. The molecule has 2 N–H and O–H groups in total. The van der Waals surface area contributed by atoms with E-state index in [1.54, 1.807) is 24.3 Å². The molecule has 0 spiro atoms. The lowest BCUT2D eigenvalue weighted by atomic mass is 10.0. The molecule has 3 aromatic carbocycles. The van der Waals surface area contributed by atoms with Gasteiger partial charge in [-0.05, 0) is 29.0 Å². The molecule has 0 heterocycles. The van der Waals surface area contributed by atoms with E-state index in [1.807, 2.05) is 36.4 Å². The SMILES string of the molecule is COc1cccc(OC)c1C(=O)NCCNC(=O)c1cccc2ccccc12. The van der Waals surface area contributed by atoms with Crippen molar-refractivity contribution in [3.63, 3.8) is 0 Å². The molecule has 0 atom stereocenters. The maximum absolute atomic E-state index is 12.5. The minimum absolute atomic E-state index is 0.180. The zero-order valence-electron chi connectivity index (χ0n) is 15.8. The van der Waals surface area contributed by atoms with Crippen molar-refractivity contribution in [3.05, 3.63) is 71.8 Å². The van der Waals surface area contributed by atoms with E-state index in [2.05, 4.69) is 10.6 Å². The molecule has 0 aromatic heterocycles. The van der Waals surface area contributed by atoms with Gasteiger partial charge in [0, 0.05) is 18.7 Å². The lowest BCUT2D eigenvalue weighted by molar-refractivity contribution is 0.0925. The van der Waals surface area contributed by atoms with E-state index in [1.165, 1.54) is 14.2 Å². The molecule has 6 nitrogen and oxygen atoms in total. The fourth-order valence-electron chi connectivity index (χ4n) is 3.03. The summed E-state index contributed by atoms with van der Waals surface area (Å²) in [5, 5.41) is 7.52. The number of ether oxygens (including phenoxy) is 2. The smallest absolute Gasteiger partial charge is 0.258 e. The Balaban J connectivity index is 1.60. The van der Waals surface area contributed by atoms with E-state index in [4.69, 9.17) is 9.47 Å². The highest BCUT2D eigenvalue weighted by Crippen LogP contribution is 2.27. The van der Waals surface area contributed by atoms with Crippen molar-refractivity contribution in [2.75, 3.05) is 27.3 Å². The van der Waals surface area contributed by atoms with Gasteiger partial charge in [-0.2, -0.15) is 0 Å². The second-order valence-electron chi connectivity index (χ2n) is 6.08. The maximum atomic E-state index is 12.5. The molecule has 144 valence electrons. The first-order valence-corrected chi connectivity index (χ1v) is 8.91. The number of nitrogens with one attached hydrogen (secondary N) is 2. The van der Waals surface area contributed by atoms with Crippen molar-refractivity contribution in [2.24, 2.45) is 0 Å². The number of carbonyl (C=O) groups excluding carboxylic acids is 2. The average molecular weight is 378 g/mol. The summed E-state index contributed by atoms with van der Waals surface area (Å²) in [7, 11) is 2.99. The Labute approximate surface area is 163 Å². The molecule has 28 heavy (non-hydrogen) atoms. The summed E-state index contributed by atoms with van der Waals surface area (Å²) in [6.07, 6.45) is 0. The third-order valence-corrected chi connectivity index (χ3v) is 4.39. The molecule has 0 saturated carbocycles. The Hall–Kier alpha value is -3.54. The van der Waals surface area contributed by atoms with Crippen molar-refractivity contribution in [2.45, 2.75) is 0 Å². The summed E-state index contributed by atoms with van der Waals surface area (Å²) in [6, 6.07) is 18.5. The van der Waals surface area contributed by atoms with Crippen LogP contribution in [-0.4, -0.2) is 39.1 Å². The molecule has 0 aliphatic carbocycles. The predicted octanol–water partition coefficient (Wildman–Crippen LogP) is 3.02. The highest BCUT2D eigenvalue weighted by atomic mass is 16.5. The fourth-order valence-corrected chi connectivity index (χ4v) is 3.03. The number of rotatable bonds is 7. The summed E-state index contributed by atoms with van der Waals surface area (Å²) in [6.45, 7) is 0.571. The molecule has 2 amide bonds. The lowest BCUT2D eigenvalue weighted by Gasteiger charge is -2.13. The van der Waals surface area contributed by atoms with Gasteiger partial charge in [0.25, 0.3) is 11.8 Å². The van der Waals surface area contributed by atoms with Crippen LogP contribution >= 0.6 is 0 Å². The number of hydrogen-bond donors (Lipinski definition) is 2. The molecule has 0 aliphatic rings. The van der Waals surface area contributed by atoms with Gasteiger partial charge in [0.05, 0.1) is 14.2 Å². The molecule has 0 unspecified atom stereocenters. The Morgan fingerprint density at radius 2 is 1.32 bits per heavy atom. The number of amides is 2. The van der Waals surface area contributed by atoms with Crippen LogP contribution in [0.4, 0.5) is 0 Å². The predicted molar refractivity (Wildman–Crippen MR) is 108 cm³/mol. The summed E-state index contributed by atoms with van der Waals surface area (Å²) in [5.41, 5.74) is 0.934. The second kappa shape index (κ2) is 8.90. The van der Waals surface area contributed by atoms with E-state index < -0.39 is 0 Å². The van der Waals surface area contributed by atoms with Crippen molar-refractivity contribution < 1.29 is 19.1 Å². The highest BCUT2D eigenvalue weighted by Gasteiger charge is 2.17. The molecular formula is C22H22N2O4. The van der Waals surface area contributed by atoms with Crippen molar-refractivity contribution in [3.8, 4) is 11.5 Å². The summed E-state index contributed by atoms with van der Waals surface area (Å²) in [4.78, 5) is 25.0. The van der Waals surface area contributed by atoms with Crippen LogP contribution in [0.5, 0.6) is 11.5 Å². The van der Waals surface area contributed by atoms with Crippen LogP contribution in [0.1, 0.15) is 20.7 Å². The van der Waals surface area contributed by atoms with Crippen LogP contribution in [-0.2, 0) is 0 Å². The number of benzene rings is 3. The van der Waals surface area contributed by atoms with Crippen molar-refractivity contribution in [1.29, 1.82) is 0 Å². The maximum Gasteiger partial charge on any atom is 0.258 e. The van der Waals surface area contributed by atoms with Crippen LogP contribution < -0.4 is 20.1 Å². The van der Waals surface area contributed by atoms with Gasteiger partial charge >= 0.3 is 0 Å². The molecule has 0 fully saturated rings. The topological polar surface area (TPSA) is 76.7 Å². The van der Waals surface area contributed by atoms with E-state index in [-0.39, 0.29) is 18.4 Å². The monoisotopic (exact) mass is 378 g/mol. The molecule has 6 heteroatoms. The van der Waals surface area contributed by atoms with Crippen LogP contribution in [0.3, 0.4) is 0 Å². The number of hydrogen-bond acceptors (Lipinski definition) is 4. The van der Waals surface area contributed by atoms with Crippen LogP contribution in [0.2, 0.25) is 0 Å². The first kappa shape index (κ1) is 19.2. The molecule has 3 rings (SSSR count). The van der Waals surface area contributed by atoms with Crippen LogP contribution in [0, 0.1) is 0 Å². The Morgan fingerprint density at radius 3 is 2.00 bits per heavy atom. The van der Waals surface area contributed by atoms with E-state index in [0.717, 1.165) is 10.8 Å². The van der Waals surface area contributed by atoms with Gasteiger partial charge in [-0.3, -0.25) is 9.59 Å². The van der Waals surface area contributed by atoms with Gasteiger partial charge in [-0.15, -0.1) is 0 Å². The molecule has 0 saturated heterocycles. The second-order valence-corrected chi connectivity index (χ2v) is 6.08.